The third kappa shape index (κ3) is 4.30. The number of carbonyl (C=O) groups excluding carboxylic acids is 1. The number of halogens is 2. The molecule has 1 aromatic heterocycles. The molecular weight excluding hydrogens is 391 g/mol. The molecule has 0 aliphatic carbocycles. The lowest BCUT2D eigenvalue weighted by molar-refractivity contribution is 0.0715. The number of hydrogen-bond donors (Lipinski definition) is 0. The second-order valence-corrected chi connectivity index (χ2v) is 7.25. The van der Waals surface area contributed by atoms with Crippen LogP contribution in [0.2, 0.25) is 5.02 Å². The van der Waals surface area contributed by atoms with Crippen molar-refractivity contribution in [3.05, 3.63) is 100 Å². The van der Waals surface area contributed by atoms with Crippen molar-refractivity contribution in [2.75, 3.05) is 0 Å². The van der Waals surface area contributed by atoms with Gasteiger partial charge in [-0.05, 0) is 60.5 Å². The lowest BCUT2D eigenvalue weighted by Crippen LogP contribution is -2.30. The van der Waals surface area contributed by atoms with Gasteiger partial charge in [-0.1, -0.05) is 35.9 Å². The van der Waals surface area contributed by atoms with E-state index in [1.807, 2.05) is 43.3 Å². The highest BCUT2D eigenvalue weighted by Crippen LogP contribution is 2.22. The van der Waals surface area contributed by atoms with E-state index in [9.17, 15) is 9.18 Å². The third-order valence-corrected chi connectivity index (χ3v) is 4.98. The van der Waals surface area contributed by atoms with Crippen LogP contribution in [0, 0.1) is 12.7 Å². The van der Waals surface area contributed by atoms with Crippen molar-refractivity contribution in [3.8, 4) is 0 Å². The minimum absolute atomic E-state index is 0.162. The summed E-state index contributed by atoms with van der Waals surface area (Å²) in [6.45, 7) is 2.42. The van der Waals surface area contributed by atoms with E-state index in [2.05, 4.69) is 4.98 Å². The molecule has 6 heteroatoms. The first-order valence-electron chi connectivity index (χ1n) is 9.14. The van der Waals surface area contributed by atoms with Crippen LogP contribution in [0.15, 0.2) is 71.1 Å². The van der Waals surface area contributed by atoms with Crippen LogP contribution in [-0.2, 0) is 13.1 Å². The number of fused-ring (bicyclic) bond motifs is 1. The smallest absolute Gasteiger partial charge is 0.254 e. The normalized spacial score (nSPS) is 11.0. The van der Waals surface area contributed by atoms with Gasteiger partial charge in [0.2, 0.25) is 5.89 Å². The zero-order valence-electron chi connectivity index (χ0n) is 15.7. The number of nitrogens with zero attached hydrogens (tertiary/aromatic N) is 2. The van der Waals surface area contributed by atoms with E-state index in [1.165, 1.54) is 24.3 Å². The average Bonchev–Trinajstić information content (AvgIpc) is 3.10. The zero-order chi connectivity index (χ0) is 20.4. The van der Waals surface area contributed by atoms with Crippen molar-refractivity contribution >= 4 is 28.6 Å². The molecule has 29 heavy (non-hydrogen) atoms. The predicted octanol–water partition coefficient (Wildman–Crippen LogP) is 5.77. The average molecular weight is 409 g/mol. The number of rotatable bonds is 5. The van der Waals surface area contributed by atoms with E-state index >= 15 is 0 Å². The zero-order valence-corrected chi connectivity index (χ0v) is 16.5. The van der Waals surface area contributed by atoms with Gasteiger partial charge >= 0.3 is 0 Å². The summed E-state index contributed by atoms with van der Waals surface area (Å²) in [5, 5.41) is 0.567. The molecule has 4 aromatic rings. The first-order valence-corrected chi connectivity index (χ1v) is 9.52. The Morgan fingerprint density at radius 3 is 2.59 bits per heavy atom. The van der Waals surface area contributed by atoms with Gasteiger partial charge in [0.05, 0.1) is 6.54 Å². The Balaban J connectivity index is 1.67. The van der Waals surface area contributed by atoms with Crippen molar-refractivity contribution in [2.24, 2.45) is 0 Å². The Hall–Kier alpha value is -3.18. The van der Waals surface area contributed by atoms with E-state index in [0.717, 1.165) is 16.6 Å². The molecule has 0 bridgehead atoms. The fourth-order valence-electron chi connectivity index (χ4n) is 3.12. The summed E-state index contributed by atoms with van der Waals surface area (Å²) in [4.78, 5) is 19.2. The monoisotopic (exact) mass is 408 g/mol. The quantitative estimate of drug-likeness (QED) is 0.421. The van der Waals surface area contributed by atoms with E-state index in [4.69, 9.17) is 16.0 Å². The SMILES string of the molecule is Cc1ccc2oc(CN(Cc3ccccc3Cl)C(=O)c3ccc(F)cc3)nc2c1. The number of hydrogen-bond acceptors (Lipinski definition) is 3. The summed E-state index contributed by atoms with van der Waals surface area (Å²) >= 11 is 6.30. The first-order chi connectivity index (χ1) is 14.0. The van der Waals surface area contributed by atoms with Crippen LogP contribution in [0.3, 0.4) is 0 Å². The van der Waals surface area contributed by atoms with E-state index in [-0.39, 0.29) is 19.0 Å². The Morgan fingerprint density at radius 2 is 1.83 bits per heavy atom. The minimum Gasteiger partial charge on any atom is -0.439 e. The van der Waals surface area contributed by atoms with Gasteiger partial charge in [0, 0.05) is 17.1 Å². The molecule has 4 rings (SSSR count). The van der Waals surface area contributed by atoms with Crippen LogP contribution < -0.4 is 0 Å². The number of aromatic nitrogens is 1. The molecule has 0 unspecified atom stereocenters. The molecule has 4 nitrogen and oxygen atoms in total. The largest absolute Gasteiger partial charge is 0.439 e. The van der Waals surface area contributed by atoms with E-state index in [1.54, 1.807) is 11.0 Å². The maximum Gasteiger partial charge on any atom is 0.254 e. The molecule has 0 N–H and O–H groups in total. The van der Waals surface area contributed by atoms with Gasteiger partial charge in [-0.2, -0.15) is 0 Å². The first kappa shape index (κ1) is 19.2. The number of aryl methyl sites for hydroxylation is 1. The van der Waals surface area contributed by atoms with Crippen LogP contribution in [-0.4, -0.2) is 15.8 Å². The molecule has 0 aliphatic heterocycles. The molecule has 0 radical (unpaired) electrons. The lowest BCUT2D eigenvalue weighted by atomic mass is 10.1. The Morgan fingerprint density at radius 1 is 1.07 bits per heavy atom. The molecule has 0 atom stereocenters. The molecule has 146 valence electrons. The van der Waals surface area contributed by atoms with Crippen molar-refractivity contribution in [1.29, 1.82) is 0 Å². The lowest BCUT2D eigenvalue weighted by Gasteiger charge is -2.22. The molecule has 1 heterocycles. The molecule has 1 amide bonds. The Kier molecular flexibility index (Phi) is 5.32. The van der Waals surface area contributed by atoms with Gasteiger partial charge in [0.25, 0.3) is 5.91 Å². The minimum atomic E-state index is -0.395. The number of benzene rings is 3. The summed E-state index contributed by atoms with van der Waals surface area (Å²) in [6, 6.07) is 18.5. The Labute approximate surface area is 172 Å². The number of carbonyl (C=O) groups is 1. The van der Waals surface area contributed by atoms with Gasteiger partial charge in [-0.15, -0.1) is 0 Å². The van der Waals surface area contributed by atoms with Crippen LogP contribution in [0.1, 0.15) is 27.4 Å². The fourth-order valence-corrected chi connectivity index (χ4v) is 3.32. The Bertz CT molecular complexity index is 1170. The van der Waals surface area contributed by atoms with Crippen molar-refractivity contribution in [1.82, 2.24) is 9.88 Å². The van der Waals surface area contributed by atoms with Crippen molar-refractivity contribution in [3.63, 3.8) is 0 Å². The van der Waals surface area contributed by atoms with Crippen LogP contribution in [0.4, 0.5) is 4.39 Å². The molecule has 3 aromatic carbocycles. The molecule has 0 saturated carbocycles. The highest BCUT2D eigenvalue weighted by molar-refractivity contribution is 6.31. The van der Waals surface area contributed by atoms with Gasteiger partial charge in [-0.25, -0.2) is 9.37 Å². The second-order valence-electron chi connectivity index (χ2n) is 6.84. The molecule has 0 spiro atoms. The summed E-state index contributed by atoms with van der Waals surface area (Å²) in [5.74, 6) is -0.231. The molecular formula is C23H18ClFN2O2. The standard InChI is InChI=1S/C23H18ClFN2O2/c1-15-6-11-21-20(12-15)26-22(29-21)14-27(13-17-4-2-3-5-19(17)24)23(28)16-7-9-18(25)10-8-16/h2-12H,13-14H2,1H3. The highest BCUT2D eigenvalue weighted by Gasteiger charge is 2.20. The van der Waals surface area contributed by atoms with Crippen LogP contribution in [0.5, 0.6) is 0 Å². The predicted molar refractivity (Wildman–Crippen MR) is 110 cm³/mol. The van der Waals surface area contributed by atoms with Gasteiger partial charge in [0.15, 0.2) is 5.58 Å². The van der Waals surface area contributed by atoms with Crippen LogP contribution in [0.25, 0.3) is 11.1 Å². The fraction of sp³-hybridized carbons (Fsp3) is 0.130. The van der Waals surface area contributed by atoms with Crippen LogP contribution >= 0.6 is 11.6 Å². The number of amides is 1. The summed E-state index contributed by atoms with van der Waals surface area (Å²) in [6.07, 6.45) is 0. The maximum atomic E-state index is 13.3. The van der Waals surface area contributed by atoms with Gasteiger partial charge in [0.1, 0.15) is 11.3 Å². The summed E-state index contributed by atoms with van der Waals surface area (Å²) < 4.78 is 19.1. The molecule has 0 saturated heterocycles. The molecule has 0 fully saturated rings. The summed E-state index contributed by atoms with van der Waals surface area (Å²) in [7, 11) is 0. The number of oxazole rings is 1. The summed E-state index contributed by atoms with van der Waals surface area (Å²) in [5.41, 5.74) is 3.67. The van der Waals surface area contributed by atoms with Gasteiger partial charge in [-0.3, -0.25) is 4.79 Å². The van der Waals surface area contributed by atoms with Crippen molar-refractivity contribution in [2.45, 2.75) is 20.0 Å². The van der Waals surface area contributed by atoms with E-state index in [0.29, 0.717) is 22.1 Å². The van der Waals surface area contributed by atoms with Gasteiger partial charge < -0.3 is 9.32 Å². The second kappa shape index (κ2) is 8.05. The van der Waals surface area contributed by atoms with E-state index < -0.39 is 5.82 Å². The highest BCUT2D eigenvalue weighted by atomic mass is 35.5. The van der Waals surface area contributed by atoms with Crippen molar-refractivity contribution < 1.29 is 13.6 Å². The topological polar surface area (TPSA) is 46.3 Å². The molecule has 0 aliphatic rings. The third-order valence-electron chi connectivity index (χ3n) is 4.61. The maximum absolute atomic E-state index is 13.3.